The molecule has 0 saturated carbocycles. The minimum Gasteiger partial charge on any atom is -0.357 e. The minimum absolute atomic E-state index is 0. The zero-order chi connectivity index (χ0) is 20.8. The molecule has 0 unspecified atom stereocenters. The highest BCUT2D eigenvalue weighted by atomic mass is 127. The molecule has 0 saturated heterocycles. The molecule has 0 atom stereocenters. The molecule has 0 radical (unpaired) electrons. The number of fused-ring (bicyclic) bond motifs is 1. The molecule has 0 spiro atoms. The van der Waals surface area contributed by atoms with Gasteiger partial charge < -0.3 is 15.2 Å². The van der Waals surface area contributed by atoms with Crippen LogP contribution in [0.3, 0.4) is 0 Å². The van der Waals surface area contributed by atoms with Crippen molar-refractivity contribution in [3.8, 4) is 11.4 Å². The van der Waals surface area contributed by atoms with Crippen LogP contribution in [-0.4, -0.2) is 27.6 Å². The Hall–Kier alpha value is -2.72. The van der Waals surface area contributed by atoms with Crippen LogP contribution in [0.15, 0.2) is 70.3 Å². The Morgan fingerprint density at radius 1 is 1.10 bits per heavy atom. The second-order valence-electron chi connectivity index (χ2n) is 6.56. The fourth-order valence-electron chi connectivity index (χ4n) is 3.03. The first-order valence-corrected chi connectivity index (χ1v) is 10.0. The Morgan fingerprint density at radius 2 is 1.97 bits per heavy atom. The zero-order valence-corrected chi connectivity index (χ0v) is 20.0. The summed E-state index contributed by atoms with van der Waals surface area (Å²) in [5.41, 5.74) is 2.88. The first-order valence-electron chi connectivity index (χ1n) is 9.66. The molecule has 0 aliphatic rings. The number of rotatable bonds is 6. The SMILES string of the molecule is CCNC(=NCc1ccnc2ccccc12)NCc1nc(-c2cccc(Cl)c2)no1.I. The van der Waals surface area contributed by atoms with Crippen LogP contribution in [0, 0.1) is 0 Å². The van der Waals surface area contributed by atoms with E-state index in [-0.39, 0.29) is 24.0 Å². The second kappa shape index (κ2) is 11.1. The number of nitrogens with zero attached hydrogens (tertiary/aromatic N) is 4. The smallest absolute Gasteiger partial charge is 0.246 e. The van der Waals surface area contributed by atoms with Gasteiger partial charge in [0.05, 0.1) is 18.6 Å². The van der Waals surface area contributed by atoms with Gasteiger partial charge in [0.1, 0.15) is 0 Å². The van der Waals surface area contributed by atoms with Crippen molar-refractivity contribution in [3.63, 3.8) is 0 Å². The summed E-state index contributed by atoms with van der Waals surface area (Å²) in [4.78, 5) is 13.5. The molecule has 31 heavy (non-hydrogen) atoms. The lowest BCUT2D eigenvalue weighted by Crippen LogP contribution is -2.36. The highest BCUT2D eigenvalue weighted by Crippen LogP contribution is 2.20. The number of benzene rings is 2. The van der Waals surface area contributed by atoms with E-state index >= 15 is 0 Å². The molecule has 2 aromatic heterocycles. The van der Waals surface area contributed by atoms with Crippen molar-refractivity contribution in [1.82, 2.24) is 25.8 Å². The molecule has 2 aromatic carbocycles. The third kappa shape index (κ3) is 5.92. The maximum atomic E-state index is 6.03. The fourth-order valence-corrected chi connectivity index (χ4v) is 3.22. The van der Waals surface area contributed by atoms with Gasteiger partial charge in [-0.2, -0.15) is 4.98 Å². The molecule has 160 valence electrons. The number of aromatic nitrogens is 3. The van der Waals surface area contributed by atoms with Crippen molar-refractivity contribution >= 4 is 52.4 Å². The van der Waals surface area contributed by atoms with Gasteiger partial charge in [-0.05, 0) is 36.8 Å². The summed E-state index contributed by atoms with van der Waals surface area (Å²) in [6.45, 7) is 3.63. The number of aliphatic imine (C=N–C) groups is 1. The molecule has 7 nitrogen and oxygen atoms in total. The van der Waals surface area contributed by atoms with Gasteiger partial charge >= 0.3 is 0 Å². The van der Waals surface area contributed by atoms with Crippen molar-refractivity contribution in [3.05, 3.63) is 77.3 Å². The van der Waals surface area contributed by atoms with Crippen LogP contribution in [0.5, 0.6) is 0 Å². The van der Waals surface area contributed by atoms with Gasteiger partial charge in [-0.1, -0.05) is 47.1 Å². The number of nitrogens with one attached hydrogen (secondary N) is 2. The van der Waals surface area contributed by atoms with Crippen LogP contribution in [0.4, 0.5) is 0 Å². The number of halogens is 2. The summed E-state index contributed by atoms with van der Waals surface area (Å²) in [7, 11) is 0. The normalized spacial score (nSPS) is 11.2. The van der Waals surface area contributed by atoms with Crippen molar-refractivity contribution < 1.29 is 4.52 Å². The van der Waals surface area contributed by atoms with Gasteiger partial charge in [-0.3, -0.25) is 4.98 Å². The van der Waals surface area contributed by atoms with E-state index in [0.717, 1.165) is 28.6 Å². The van der Waals surface area contributed by atoms with Gasteiger partial charge in [-0.25, -0.2) is 4.99 Å². The van der Waals surface area contributed by atoms with E-state index in [4.69, 9.17) is 16.1 Å². The number of guanidine groups is 1. The average molecular weight is 549 g/mol. The topological polar surface area (TPSA) is 88.2 Å². The molecular weight excluding hydrogens is 527 g/mol. The van der Waals surface area contributed by atoms with Gasteiger partial charge in [-0.15, -0.1) is 24.0 Å². The van der Waals surface area contributed by atoms with Crippen molar-refractivity contribution in [1.29, 1.82) is 0 Å². The Labute approximate surface area is 202 Å². The molecule has 0 bridgehead atoms. The summed E-state index contributed by atoms with van der Waals surface area (Å²) >= 11 is 6.03. The quantitative estimate of drug-likeness (QED) is 0.204. The van der Waals surface area contributed by atoms with Crippen LogP contribution in [0.2, 0.25) is 5.02 Å². The predicted molar refractivity (Wildman–Crippen MR) is 134 cm³/mol. The maximum absolute atomic E-state index is 6.03. The molecule has 0 aliphatic heterocycles. The second-order valence-corrected chi connectivity index (χ2v) is 6.99. The lowest BCUT2D eigenvalue weighted by atomic mass is 10.1. The molecule has 2 heterocycles. The maximum Gasteiger partial charge on any atom is 0.246 e. The standard InChI is InChI=1S/C22H21ClN6O.HI/c1-2-24-22(26-13-16-10-11-25-19-9-4-3-8-18(16)19)27-14-20-28-21(29-30-20)15-6-5-7-17(23)12-15;/h3-12H,2,13-14H2,1H3,(H2,24,26,27);1H. The van der Waals surface area contributed by atoms with E-state index in [2.05, 4.69) is 36.8 Å². The van der Waals surface area contributed by atoms with E-state index in [1.165, 1.54) is 0 Å². The van der Waals surface area contributed by atoms with Crippen LogP contribution < -0.4 is 10.6 Å². The molecule has 0 fully saturated rings. The summed E-state index contributed by atoms with van der Waals surface area (Å²) in [6.07, 6.45) is 1.81. The van der Waals surface area contributed by atoms with Gasteiger partial charge in [0.2, 0.25) is 11.7 Å². The largest absolute Gasteiger partial charge is 0.357 e. The lowest BCUT2D eigenvalue weighted by molar-refractivity contribution is 0.375. The Kier molecular flexibility index (Phi) is 8.19. The lowest BCUT2D eigenvalue weighted by Gasteiger charge is -2.10. The van der Waals surface area contributed by atoms with E-state index in [1.807, 2.05) is 49.5 Å². The van der Waals surface area contributed by atoms with E-state index in [9.17, 15) is 0 Å². The average Bonchev–Trinajstić information content (AvgIpc) is 3.25. The Balaban J connectivity index is 0.00000272. The zero-order valence-electron chi connectivity index (χ0n) is 16.9. The first-order chi connectivity index (χ1) is 14.7. The van der Waals surface area contributed by atoms with Crippen molar-refractivity contribution in [2.75, 3.05) is 6.54 Å². The molecular formula is C22H22ClIN6O. The summed E-state index contributed by atoms with van der Waals surface area (Å²) in [5, 5.41) is 12.2. The van der Waals surface area contributed by atoms with Gasteiger partial charge in [0.15, 0.2) is 5.96 Å². The Morgan fingerprint density at radius 3 is 2.81 bits per heavy atom. The summed E-state index contributed by atoms with van der Waals surface area (Å²) < 4.78 is 5.35. The Bertz CT molecular complexity index is 1170. The van der Waals surface area contributed by atoms with Crippen molar-refractivity contribution in [2.24, 2.45) is 4.99 Å². The van der Waals surface area contributed by atoms with E-state index in [0.29, 0.717) is 35.8 Å². The highest BCUT2D eigenvalue weighted by Gasteiger charge is 2.10. The van der Waals surface area contributed by atoms with Gasteiger partial charge in [0, 0.05) is 28.7 Å². The first kappa shape index (κ1) is 23.0. The van der Waals surface area contributed by atoms with E-state index in [1.54, 1.807) is 12.1 Å². The molecule has 9 heteroatoms. The molecule has 0 aliphatic carbocycles. The molecule has 0 amide bonds. The third-order valence-corrected chi connectivity index (χ3v) is 4.68. The number of hydrogen-bond acceptors (Lipinski definition) is 5. The van der Waals surface area contributed by atoms with Crippen molar-refractivity contribution in [2.45, 2.75) is 20.0 Å². The molecule has 4 rings (SSSR count). The predicted octanol–water partition coefficient (Wildman–Crippen LogP) is 4.81. The van der Waals surface area contributed by atoms with E-state index < -0.39 is 0 Å². The third-order valence-electron chi connectivity index (χ3n) is 4.45. The molecule has 4 aromatic rings. The molecule has 2 N–H and O–H groups in total. The van der Waals surface area contributed by atoms with Crippen LogP contribution >= 0.6 is 35.6 Å². The number of para-hydroxylation sites is 1. The number of pyridine rings is 1. The highest BCUT2D eigenvalue weighted by molar-refractivity contribution is 14.0. The van der Waals surface area contributed by atoms with Crippen LogP contribution in [0.25, 0.3) is 22.3 Å². The van der Waals surface area contributed by atoms with Gasteiger partial charge in [0.25, 0.3) is 0 Å². The van der Waals surface area contributed by atoms with Crippen LogP contribution in [0.1, 0.15) is 18.4 Å². The van der Waals surface area contributed by atoms with Crippen LogP contribution in [-0.2, 0) is 13.1 Å². The minimum atomic E-state index is 0. The monoisotopic (exact) mass is 548 g/mol. The number of hydrogen-bond donors (Lipinski definition) is 2. The summed E-state index contributed by atoms with van der Waals surface area (Å²) in [6, 6.07) is 17.4. The fraction of sp³-hybridized carbons (Fsp3) is 0.182. The summed E-state index contributed by atoms with van der Waals surface area (Å²) in [5.74, 6) is 1.63.